The Hall–Kier alpha value is -1.42. The number of carbonyl (C=O) groups excluding carboxylic acids is 1. The van der Waals surface area contributed by atoms with E-state index in [2.05, 4.69) is 35.5 Å². The molecule has 0 aromatic heterocycles. The first-order valence-corrected chi connectivity index (χ1v) is 26.5. The van der Waals surface area contributed by atoms with Crippen LogP contribution in [0.3, 0.4) is 0 Å². The van der Waals surface area contributed by atoms with Crippen molar-refractivity contribution in [1.82, 2.24) is 5.32 Å². The van der Waals surface area contributed by atoms with Gasteiger partial charge in [0.05, 0.1) is 38.1 Å². The quantitative estimate of drug-likeness (QED) is 0.0147. The van der Waals surface area contributed by atoms with Gasteiger partial charge in [0.25, 0.3) is 0 Å². The lowest BCUT2D eigenvalue weighted by Gasteiger charge is -2.30. The highest BCUT2D eigenvalue weighted by Gasteiger charge is 2.30. The van der Waals surface area contributed by atoms with E-state index in [0.717, 1.165) is 38.5 Å². The fraction of sp³-hybridized carbons (Fsp3) is 0.898. The molecule has 0 fully saturated rings. The summed E-state index contributed by atoms with van der Waals surface area (Å²) in [6, 6.07) is -0.956. The summed E-state index contributed by atoms with van der Waals surface area (Å²) in [5.41, 5.74) is 0. The van der Waals surface area contributed by atoms with E-state index in [1.54, 1.807) is 6.08 Å². The topological polar surface area (TPSA) is 192 Å². The second-order valence-corrected chi connectivity index (χ2v) is 18.5. The van der Waals surface area contributed by atoms with Crippen molar-refractivity contribution in [1.29, 1.82) is 0 Å². The number of hydrogen-bond acceptors (Lipinski definition) is 10. The third-order valence-electron chi connectivity index (χ3n) is 11.4. The number of aliphatic hydroxyl groups excluding tert-OH is 4. The molecule has 0 saturated carbocycles. The lowest BCUT2D eigenvalue weighted by Crippen LogP contribution is -2.49. The molecule has 0 radical (unpaired) electrons. The molecule has 368 valence electrons. The first-order valence-electron chi connectivity index (χ1n) is 25.1. The van der Waals surface area contributed by atoms with Crippen molar-refractivity contribution >= 4 is 16.3 Å². The minimum Gasteiger partial charge on any atom is -0.394 e. The van der Waals surface area contributed by atoms with E-state index in [4.69, 9.17) is 14.0 Å². The largest absolute Gasteiger partial charge is 0.397 e. The van der Waals surface area contributed by atoms with Gasteiger partial charge in [0.1, 0.15) is 12.2 Å². The molecular weight excluding hydrogens is 811 g/mol. The number of ether oxygens (including phenoxy) is 2. The van der Waals surface area contributed by atoms with Crippen molar-refractivity contribution < 1.29 is 51.8 Å². The molecule has 6 atom stereocenters. The third kappa shape index (κ3) is 40.1. The highest BCUT2D eigenvalue weighted by Crippen LogP contribution is 2.16. The molecule has 0 aliphatic heterocycles. The van der Waals surface area contributed by atoms with E-state index < -0.39 is 60.4 Å². The van der Waals surface area contributed by atoms with Crippen LogP contribution >= 0.6 is 0 Å². The van der Waals surface area contributed by atoms with E-state index in [-0.39, 0.29) is 18.9 Å². The number of rotatable bonds is 47. The fourth-order valence-corrected chi connectivity index (χ4v) is 7.68. The molecule has 0 bridgehead atoms. The Bertz CT molecular complexity index is 1150. The van der Waals surface area contributed by atoms with Crippen molar-refractivity contribution in [2.24, 2.45) is 0 Å². The van der Waals surface area contributed by atoms with Crippen molar-refractivity contribution in [3.8, 4) is 0 Å². The Morgan fingerprint density at radius 2 is 1.00 bits per heavy atom. The van der Waals surface area contributed by atoms with Crippen LogP contribution in [0.15, 0.2) is 24.3 Å². The number of carbonyl (C=O) groups is 1. The van der Waals surface area contributed by atoms with E-state index >= 15 is 0 Å². The summed E-state index contributed by atoms with van der Waals surface area (Å²) in [5.74, 6) is -0.269. The molecule has 12 nitrogen and oxygen atoms in total. The molecule has 13 heteroatoms. The lowest BCUT2D eigenvalue weighted by atomic mass is 10.0. The zero-order chi connectivity index (χ0) is 45.9. The van der Waals surface area contributed by atoms with Crippen molar-refractivity contribution in [3.63, 3.8) is 0 Å². The first kappa shape index (κ1) is 60.6. The average molecular weight is 906 g/mol. The molecule has 0 aromatic carbocycles. The molecule has 0 aliphatic carbocycles. The smallest absolute Gasteiger partial charge is 0.394 e. The number of unbranched alkanes of at least 4 members (excludes halogenated alkanes) is 28. The number of allylic oxidation sites excluding steroid dienone is 3. The van der Waals surface area contributed by atoms with Gasteiger partial charge < -0.3 is 35.2 Å². The van der Waals surface area contributed by atoms with Crippen LogP contribution in [0.25, 0.3) is 0 Å². The first-order chi connectivity index (χ1) is 29.9. The van der Waals surface area contributed by atoms with E-state index in [1.165, 1.54) is 161 Å². The van der Waals surface area contributed by atoms with E-state index in [1.807, 2.05) is 6.08 Å². The monoisotopic (exact) mass is 906 g/mol. The summed E-state index contributed by atoms with van der Waals surface area (Å²) in [6.07, 6.45) is 39.1. The Balaban J connectivity index is 4.79. The summed E-state index contributed by atoms with van der Waals surface area (Å²) in [7, 11) is -4.90. The van der Waals surface area contributed by atoms with Gasteiger partial charge >= 0.3 is 10.4 Å². The van der Waals surface area contributed by atoms with Gasteiger partial charge in [-0.2, -0.15) is 8.42 Å². The van der Waals surface area contributed by atoms with Gasteiger partial charge in [0.2, 0.25) is 5.91 Å². The third-order valence-corrected chi connectivity index (χ3v) is 11.8. The van der Waals surface area contributed by atoms with E-state index in [0.29, 0.717) is 6.42 Å². The lowest BCUT2D eigenvalue weighted by molar-refractivity contribution is -0.242. The number of amides is 1. The Kier molecular flexibility index (Phi) is 42.5. The Labute approximate surface area is 379 Å². The fourth-order valence-electron chi connectivity index (χ4n) is 7.37. The zero-order valence-electron chi connectivity index (χ0n) is 39.6. The van der Waals surface area contributed by atoms with E-state index in [9.17, 15) is 33.6 Å². The van der Waals surface area contributed by atoms with Crippen LogP contribution in [-0.4, -0.2) is 95.9 Å². The van der Waals surface area contributed by atoms with Gasteiger partial charge in [-0.25, -0.2) is 4.18 Å². The van der Waals surface area contributed by atoms with Crippen LogP contribution in [0.4, 0.5) is 0 Å². The standard InChI is InChI=1S/C49H95NO11S/c1-4-6-8-10-12-14-16-18-19-20-21-22-23-24-25-27-29-31-33-35-37-39-48(55)50-44(45(53)38-36-34-32-30-28-26-17-15-13-11-9-7-5-2)41-59-49(61-47(40-51)43(3)52)46(54)42-60-62(56,57)58/h18-19,36,38,43-47,49,51-54H,4-17,20-35,37,39-42H2,1-3H3,(H,50,55)(H,56,57,58)/b19-18-,38-36+/t43-,44?,45-,46+,47?,49?/m1/s1. The Morgan fingerprint density at radius 3 is 1.40 bits per heavy atom. The van der Waals surface area contributed by atoms with Gasteiger partial charge in [-0.1, -0.05) is 192 Å². The number of nitrogens with one attached hydrogen (secondary N) is 1. The van der Waals surface area contributed by atoms with Gasteiger partial charge in [0.15, 0.2) is 6.29 Å². The van der Waals surface area contributed by atoms with Crippen LogP contribution in [0.1, 0.15) is 226 Å². The summed E-state index contributed by atoms with van der Waals surface area (Å²) < 4.78 is 46.8. The van der Waals surface area contributed by atoms with Crippen molar-refractivity contribution in [2.45, 2.75) is 263 Å². The highest BCUT2D eigenvalue weighted by molar-refractivity contribution is 7.80. The summed E-state index contributed by atoms with van der Waals surface area (Å²) in [4.78, 5) is 13.1. The van der Waals surface area contributed by atoms with Crippen LogP contribution in [0.2, 0.25) is 0 Å². The zero-order valence-corrected chi connectivity index (χ0v) is 40.4. The van der Waals surface area contributed by atoms with Crippen LogP contribution in [0.5, 0.6) is 0 Å². The minimum atomic E-state index is -4.90. The van der Waals surface area contributed by atoms with Gasteiger partial charge in [-0.05, 0) is 51.9 Å². The molecule has 0 aliphatic rings. The molecule has 0 spiro atoms. The van der Waals surface area contributed by atoms with Gasteiger partial charge in [0, 0.05) is 6.42 Å². The number of hydrogen-bond donors (Lipinski definition) is 6. The van der Waals surface area contributed by atoms with Gasteiger partial charge in [-0.15, -0.1) is 0 Å². The van der Waals surface area contributed by atoms with Crippen LogP contribution < -0.4 is 5.32 Å². The molecule has 3 unspecified atom stereocenters. The summed E-state index contributed by atoms with van der Waals surface area (Å²) in [5, 5.41) is 44.3. The molecule has 0 saturated heterocycles. The molecule has 0 rings (SSSR count). The SMILES string of the molecule is CCCCCCCC/C=C\CCCCCCCCCCCCCC(=O)NC(COC(OC(CO)[C@@H](C)O)[C@@H](O)COS(=O)(=O)O)[C@H](O)/C=C/CCCCCCCCCCCCC. The summed E-state index contributed by atoms with van der Waals surface area (Å²) in [6.45, 7) is 3.89. The predicted octanol–water partition coefficient (Wildman–Crippen LogP) is 10.7. The molecule has 6 N–H and O–H groups in total. The molecule has 1 amide bonds. The minimum absolute atomic E-state index is 0.263. The second kappa shape index (κ2) is 43.5. The maximum Gasteiger partial charge on any atom is 0.397 e. The Morgan fingerprint density at radius 1 is 0.597 bits per heavy atom. The molecule has 0 heterocycles. The van der Waals surface area contributed by atoms with Crippen molar-refractivity contribution in [2.75, 3.05) is 19.8 Å². The maximum absolute atomic E-state index is 13.1. The summed E-state index contributed by atoms with van der Waals surface area (Å²) >= 11 is 0. The van der Waals surface area contributed by atoms with Gasteiger partial charge in [-0.3, -0.25) is 9.35 Å². The highest BCUT2D eigenvalue weighted by atomic mass is 32.3. The average Bonchev–Trinajstić information content (AvgIpc) is 3.24. The molecular formula is C49H95NO11S. The normalized spacial score (nSPS) is 15.3. The second-order valence-electron chi connectivity index (χ2n) is 17.5. The van der Waals surface area contributed by atoms with Crippen LogP contribution in [-0.2, 0) is 28.9 Å². The number of aliphatic hydroxyl groups is 4. The maximum atomic E-state index is 13.1. The van der Waals surface area contributed by atoms with Crippen LogP contribution in [0, 0.1) is 0 Å². The molecule has 62 heavy (non-hydrogen) atoms. The predicted molar refractivity (Wildman–Crippen MR) is 252 cm³/mol. The molecule has 0 aromatic rings. The van der Waals surface area contributed by atoms with Crippen molar-refractivity contribution in [3.05, 3.63) is 24.3 Å².